The lowest BCUT2D eigenvalue weighted by Crippen LogP contribution is -2.07. The van der Waals surface area contributed by atoms with Crippen molar-refractivity contribution < 1.29 is 13.9 Å². The summed E-state index contributed by atoms with van der Waals surface area (Å²) in [6, 6.07) is 12.0. The zero-order chi connectivity index (χ0) is 15.4. The number of benzene rings is 1. The summed E-state index contributed by atoms with van der Waals surface area (Å²) in [5, 5.41) is 8.35. The van der Waals surface area contributed by atoms with Gasteiger partial charge in [-0.1, -0.05) is 17.7 Å². The van der Waals surface area contributed by atoms with Crippen LogP contribution in [0.1, 0.15) is 16.4 Å². The van der Waals surface area contributed by atoms with Crippen molar-refractivity contribution in [1.82, 2.24) is 15.2 Å². The molecule has 110 valence electrons. The molecule has 7 heteroatoms. The molecule has 1 aromatic carbocycles. The predicted octanol–water partition coefficient (Wildman–Crippen LogP) is 3.14. The Morgan fingerprint density at radius 1 is 1.14 bits per heavy atom. The molecule has 0 amide bonds. The first-order valence-electron chi connectivity index (χ1n) is 6.39. The van der Waals surface area contributed by atoms with Crippen LogP contribution < -0.4 is 0 Å². The van der Waals surface area contributed by atoms with Gasteiger partial charge in [-0.15, -0.1) is 10.2 Å². The van der Waals surface area contributed by atoms with Crippen molar-refractivity contribution in [2.45, 2.75) is 6.61 Å². The Morgan fingerprint density at radius 3 is 2.68 bits per heavy atom. The number of pyridine rings is 1. The monoisotopic (exact) mass is 315 g/mol. The number of rotatable bonds is 4. The Kier molecular flexibility index (Phi) is 4.11. The predicted molar refractivity (Wildman–Crippen MR) is 78.1 cm³/mol. The van der Waals surface area contributed by atoms with E-state index >= 15 is 0 Å². The van der Waals surface area contributed by atoms with E-state index in [1.807, 2.05) is 0 Å². The van der Waals surface area contributed by atoms with E-state index in [9.17, 15) is 4.79 Å². The van der Waals surface area contributed by atoms with Gasteiger partial charge in [0.25, 0.3) is 5.89 Å². The lowest BCUT2D eigenvalue weighted by atomic mass is 10.2. The molecule has 0 bridgehead atoms. The number of hydrogen-bond donors (Lipinski definition) is 0. The number of nitrogens with zero attached hydrogens (tertiary/aromatic N) is 3. The molecular formula is C15H10ClN3O3. The second kappa shape index (κ2) is 6.36. The Balaban J connectivity index is 1.65. The summed E-state index contributed by atoms with van der Waals surface area (Å²) in [7, 11) is 0. The minimum absolute atomic E-state index is 0.115. The molecule has 0 saturated heterocycles. The number of esters is 1. The van der Waals surface area contributed by atoms with Crippen molar-refractivity contribution >= 4 is 17.6 Å². The van der Waals surface area contributed by atoms with Crippen LogP contribution in [0.15, 0.2) is 53.1 Å². The van der Waals surface area contributed by atoms with Crippen LogP contribution in [-0.2, 0) is 11.3 Å². The highest BCUT2D eigenvalue weighted by molar-refractivity contribution is 6.30. The molecule has 3 rings (SSSR count). The normalized spacial score (nSPS) is 10.4. The van der Waals surface area contributed by atoms with Gasteiger partial charge in [-0.2, -0.15) is 0 Å². The molecule has 0 fully saturated rings. The summed E-state index contributed by atoms with van der Waals surface area (Å²) >= 11 is 5.82. The molecule has 6 nitrogen and oxygen atoms in total. The largest absolute Gasteiger partial charge is 0.451 e. The Bertz CT molecular complexity index is 772. The summed E-state index contributed by atoms with van der Waals surface area (Å²) in [5.41, 5.74) is 0.958. The fourth-order valence-electron chi connectivity index (χ4n) is 1.71. The second-order valence-corrected chi connectivity index (χ2v) is 4.74. The zero-order valence-corrected chi connectivity index (χ0v) is 12.0. The standard InChI is InChI=1S/C15H10ClN3O3/c16-11-6-4-10(5-7-11)14-19-18-13(22-14)9-21-15(20)12-3-1-2-8-17-12/h1-8H,9H2. The Morgan fingerprint density at radius 2 is 1.95 bits per heavy atom. The maximum absolute atomic E-state index is 11.7. The van der Waals surface area contributed by atoms with Crippen molar-refractivity contribution in [1.29, 1.82) is 0 Å². The third-order valence-corrected chi connectivity index (χ3v) is 3.01. The van der Waals surface area contributed by atoms with E-state index in [0.717, 1.165) is 5.56 Å². The van der Waals surface area contributed by atoms with Gasteiger partial charge >= 0.3 is 5.97 Å². The summed E-state index contributed by atoms with van der Waals surface area (Å²) in [6.07, 6.45) is 1.52. The molecule has 0 unspecified atom stereocenters. The summed E-state index contributed by atoms with van der Waals surface area (Å²) in [6.45, 7) is -0.115. The lowest BCUT2D eigenvalue weighted by molar-refractivity contribution is 0.0431. The third-order valence-electron chi connectivity index (χ3n) is 2.76. The van der Waals surface area contributed by atoms with Crippen molar-refractivity contribution in [3.63, 3.8) is 0 Å². The maximum Gasteiger partial charge on any atom is 0.357 e. The van der Waals surface area contributed by atoms with Crippen LogP contribution in [0.2, 0.25) is 5.02 Å². The molecule has 0 N–H and O–H groups in total. The van der Waals surface area contributed by atoms with Crippen LogP contribution in [0, 0.1) is 0 Å². The Hall–Kier alpha value is -2.73. The van der Waals surface area contributed by atoms with Crippen molar-refractivity contribution in [3.8, 4) is 11.5 Å². The molecule has 0 spiro atoms. The minimum Gasteiger partial charge on any atom is -0.451 e. The van der Waals surface area contributed by atoms with Gasteiger partial charge in [0, 0.05) is 16.8 Å². The number of halogens is 1. The highest BCUT2D eigenvalue weighted by atomic mass is 35.5. The molecule has 22 heavy (non-hydrogen) atoms. The molecule has 0 atom stereocenters. The van der Waals surface area contributed by atoms with Crippen molar-refractivity contribution in [3.05, 3.63) is 65.3 Å². The molecule has 2 heterocycles. The fraction of sp³-hybridized carbons (Fsp3) is 0.0667. The Labute approximate surface area is 130 Å². The van der Waals surface area contributed by atoms with E-state index in [4.69, 9.17) is 20.8 Å². The van der Waals surface area contributed by atoms with Gasteiger partial charge in [0.2, 0.25) is 5.89 Å². The van der Waals surface area contributed by atoms with Gasteiger partial charge < -0.3 is 9.15 Å². The van der Waals surface area contributed by atoms with Gasteiger partial charge in [-0.05, 0) is 36.4 Å². The molecule has 0 radical (unpaired) electrons. The number of ether oxygens (including phenoxy) is 1. The molecule has 0 saturated carbocycles. The summed E-state index contributed by atoms with van der Waals surface area (Å²) < 4.78 is 10.5. The van der Waals surface area contributed by atoms with E-state index < -0.39 is 5.97 Å². The van der Waals surface area contributed by atoms with Gasteiger partial charge in [-0.25, -0.2) is 9.78 Å². The van der Waals surface area contributed by atoms with Crippen LogP contribution in [0.5, 0.6) is 0 Å². The van der Waals surface area contributed by atoms with Gasteiger partial charge in [0.15, 0.2) is 6.61 Å². The average Bonchev–Trinajstić information content (AvgIpc) is 3.03. The first-order valence-corrected chi connectivity index (χ1v) is 6.76. The lowest BCUT2D eigenvalue weighted by Gasteiger charge is -2.00. The smallest absolute Gasteiger partial charge is 0.357 e. The van der Waals surface area contributed by atoms with E-state index in [1.165, 1.54) is 6.20 Å². The summed E-state index contributed by atoms with van der Waals surface area (Å²) in [5.74, 6) is -0.0124. The molecule has 3 aromatic rings. The van der Waals surface area contributed by atoms with Crippen LogP contribution in [0.25, 0.3) is 11.5 Å². The fourth-order valence-corrected chi connectivity index (χ4v) is 1.83. The molecule has 0 aliphatic carbocycles. The first kappa shape index (κ1) is 14.2. The van der Waals surface area contributed by atoms with Crippen LogP contribution in [0.4, 0.5) is 0 Å². The van der Waals surface area contributed by atoms with Crippen LogP contribution in [0.3, 0.4) is 0 Å². The first-order chi connectivity index (χ1) is 10.7. The maximum atomic E-state index is 11.7. The average molecular weight is 316 g/mol. The molecular weight excluding hydrogens is 306 g/mol. The number of carbonyl (C=O) groups excluding carboxylic acids is 1. The van der Waals surface area contributed by atoms with Gasteiger partial charge in [0.1, 0.15) is 5.69 Å². The van der Waals surface area contributed by atoms with Gasteiger partial charge in [0.05, 0.1) is 0 Å². The van der Waals surface area contributed by atoms with E-state index in [2.05, 4.69) is 15.2 Å². The molecule has 2 aromatic heterocycles. The number of hydrogen-bond acceptors (Lipinski definition) is 6. The van der Waals surface area contributed by atoms with E-state index in [-0.39, 0.29) is 18.2 Å². The minimum atomic E-state index is -0.549. The third kappa shape index (κ3) is 3.29. The SMILES string of the molecule is O=C(OCc1nnc(-c2ccc(Cl)cc2)o1)c1ccccn1. The van der Waals surface area contributed by atoms with E-state index in [1.54, 1.807) is 42.5 Å². The topological polar surface area (TPSA) is 78.1 Å². The van der Waals surface area contributed by atoms with Crippen molar-refractivity contribution in [2.24, 2.45) is 0 Å². The number of aromatic nitrogens is 3. The van der Waals surface area contributed by atoms with Crippen molar-refractivity contribution in [2.75, 3.05) is 0 Å². The molecule has 0 aliphatic heterocycles. The molecule has 0 aliphatic rings. The second-order valence-electron chi connectivity index (χ2n) is 4.30. The highest BCUT2D eigenvalue weighted by Crippen LogP contribution is 2.20. The highest BCUT2D eigenvalue weighted by Gasteiger charge is 2.12. The van der Waals surface area contributed by atoms with Gasteiger partial charge in [-0.3, -0.25) is 0 Å². The zero-order valence-electron chi connectivity index (χ0n) is 11.3. The van der Waals surface area contributed by atoms with Crippen LogP contribution >= 0.6 is 11.6 Å². The van der Waals surface area contributed by atoms with E-state index in [0.29, 0.717) is 10.9 Å². The number of carbonyl (C=O) groups is 1. The summed E-state index contributed by atoms with van der Waals surface area (Å²) in [4.78, 5) is 15.6. The quantitative estimate of drug-likeness (QED) is 0.688. The van der Waals surface area contributed by atoms with Crippen LogP contribution in [-0.4, -0.2) is 21.2 Å².